The Morgan fingerprint density at radius 2 is 2.23 bits per heavy atom. The van der Waals surface area contributed by atoms with E-state index in [0.29, 0.717) is 18.5 Å². The van der Waals surface area contributed by atoms with E-state index in [0.717, 1.165) is 6.54 Å². The van der Waals surface area contributed by atoms with Crippen LogP contribution in [0.1, 0.15) is 19.8 Å². The predicted octanol–water partition coefficient (Wildman–Crippen LogP) is -0.0763. The molecule has 1 fully saturated rings. The Labute approximate surface area is 80.1 Å². The second-order valence-corrected chi connectivity index (χ2v) is 5.63. The fourth-order valence-electron chi connectivity index (χ4n) is 1.63. The van der Waals surface area contributed by atoms with Crippen LogP contribution in [-0.4, -0.2) is 33.8 Å². The molecule has 4 nitrogen and oxygen atoms in total. The van der Waals surface area contributed by atoms with Gasteiger partial charge in [-0.2, -0.15) is 0 Å². The zero-order chi connectivity index (χ0) is 9.90. The normalized spacial score (nSPS) is 30.3. The van der Waals surface area contributed by atoms with E-state index in [-0.39, 0.29) is 0 Å². The minimum atomic E-state index is -3.04. The van der Waals surface area contributed by atoms with Gasteiger partial charge < -0.3 is 5.32 Å². The maximum atomic E-state index is 10.8. The van der Waals surface area contributed by atoms with Gasteiger partial charge in [0.05, 0.1) is 6.26 Å². The summed E-state index contributed by atoms with van der Waals surface area (Å²) in [5.41, 5.74) is 0. The number of piperidine rings is 1. The van der Waals surface area contributed by atoms with E-state index < -0.39 is 10.0 Å². The molecule has 0 aromatic heterocycles. The van der Waals surface area contributed by atoms with Gasteiger partial charge >= 0.3 is 0 Å². The first-order valence-electron chi connectivity index (χ1n) is 4.67. The lowest BCUT2D eigenvalue weighted by molar-refractivity contribution is 0.300. The van der Waals surface area contributed by atoms with Crippen molar-refractivity contribution in [2.24, 2.45) is 5.92 Å². The monoisotopic (exact) mass is 206 g/mol. The van der Waals surface area contributed by atoms with E-state index in [1.165, 1.54) is 19.1 Å². The van der Waals surface area contributed by atoms with Gasteiger partial charge in [-0.3, -0.25) is 0 Å². The standard InChI is InChI=1S/C8H18N2O2S/c1-7-4-3-5-9-8(7)6-10-13(2,11)12/h7-10H,3-6H2,1-2H3. The van der Waals surface area contributed by atoms with Crippen LogP contribution in [0, 0.1) is 5.92 Å². The summed E-state index contributed by atoms with van der Waals surface area (Å²) < 4.78 is 24.2. The maximum absolute atomic E-state index is 10.8. The number of sulfonamides is 1. The third kappa shape index (κ3) is 4.06. The first-order valence-corrected chi connectivity index (χ1v) is 6.56. The van der Waals surface area contributed by atoms with Crippen molar-refractivity contribution in [3.8, 4) is 0 Å². The summed E-state index contributed by atoms with van der Waals surface area (Å²) in [6.07, 6.45) is 3.57. The van der Waals surface area contributed by atoms with Gasteiger partial charge in [0.25, 0.3) is 0 Å². The molecule has 0 radical (unpaired) electrons. The molecule has 0 aromatic carbocycles. The Morgan fingerprint density at radius 3 is 2.77 bits per heavy atom. The van der Waals surface area contributed by atoms with Crippen LogP contribution in [0.4, 0.5) is 0 Å². The Hall–Kier alpha value is -0.130. The molecule has 0 spiro atoms. The number of hydrogen-bond donors (Lipinski definition) is 2. The molecule has 1 aliphatic rings. The molecular formula is C8H18N2O2S. The molecule has 78 valence electrons. The fourth-order valence-corrected chi connectivity index (χ4v) is 2.11. The van der Waals surface area contributed by atoms with Gasteiger partial charge in [-0.25, -0.2) is 13.1 Å². The van der Waals surface area contributed by atoms with Crippen molar-refractivity contribution >= 4 is 10.0 Å². The SMILES string of the molecule is CC1CCCNC1CNS(C)(=O)=O. The zero-order valence-corrected chi connectivity index (χ0v) is 9.02. The summed E-state index contributed by atoms with van der Waals surface area (Å²) in [5, 5.41) is 3.31. The minimum Gasteiger partial charge on any atom is -0.312 e. The van der Waals surface area contributed by atoms with Crippen molar-refractivity contribution in [1.82, 2.24) is 10.0 Å². The molecule has 0 amide bonds. The quantitative estimate of drug-likeness (QED) is 0.679. The summed E-state index contributed by atoms with van der Waals surface area (Å²) in [6.45, 7) is 3.67. The van der Waals surface area contributed by atoms with E-state index in [2.05, 4.69) is 17.0 Å². The third-order valence-corrected chi connectivity index (χ3v) is 3.19. The predicted molar refractivity (Wildman–Crippen MR) is 53.0 cm³/mol. The molecule has 1 saturated heterocycles. The second kappa shape index (κ2) is 4.39. The molecule has 1 rings (SSSR count). The first-order chi connectivity index (χ1) is 5.99. The van der Waals surface area contributed by atoms with Crippen molar-refractivity contribution in [3.05, 3.63) is 0 Å². The maximum Gasteiger partial charge on any atom is 0.208 e. The molecule has 5 heteroatoms. The highest BCUT2D eigenvalue weighted by Crippen LogP contribution is 2.14. The van der Waals surface area contributed by atoms with Crippen LogP contribution >= 0.6 is 0 Å². The lowest BCUT2D eigenvalue weighted by Crippen LogP contribution is -2.47. The number of rotatable bonds is 3. The molecule has 2 atom stereocenters. The van der Waals surface area contributed by atoms with Gasteiger partial charge in [0, 0.05) is 12.6 Å². The molecule has 1 aliphatic heterocycles. The van der Waals surface area contributed by atoms with E-state index in [4.69, 9.17) is 0 Å². The summed E-state index contributed by atoms with van der Waals surface area (Å²) in [7, 11) is -3.04. The van der Waals surface area contributed by atoms with E-state index in [9.17, 15) is 8.42 Å². The van der Waals surface area contributed by atoms with Crippen molar-refractivity contribution in [3.63, 3.8) is 0 Å². The molecule has 1 heterocycles. The molecule has 2 N–H and O–H groups in total. The molecule has 0 saturated carbocycles. The summed E-state index contributed by atoms with van der Waals surface area (Å²) >= 11 is 0. The zero-order valence-electron chi connectivity index (χ0n) is 8.21. The largest absolute Gasteiger partial charge is 0.312 e. The van der Waals surface area contributed by atoms with Crippen LogP contribution in [0.2, 0.25) is 0 Å². The lowest BCUT2D eigenvalue weighted by atomic mass is 9.93. The average molecular weight is 206 g/mol. The highest BCUT2D eigenvalue weighted by Gasteiger charge is 2.21. The van der Waals surface area contributed by atoms with E-state index >= 15 is 0 Å². The molecule has 0 bridgehead atoms. The van der Waals surface area contributed by atoms with Crippen molar-refractivity contribution in [2.75, 3.05) is 19.3 Å². The summed E-state index contributed by atoms with van der Waals surface area (Å²) in [6, 6.07) is 0.295. The fraction of sp³-hybridized carbons (Fsp3) is 1.00. The van der Waals surface area contributed by atoms with Gasteiger partial charge in [0.15, 0.2) is 0 Å². The third-order valence-electron chi connectivity index (χ3n) is 2.50. The van der Waals surface area contributed by atoms with E-state index in [1.807, 2.05) is 0 Å². The Kier molecular flexibility index (Phi) is 3.70. The molecular weight excluding hydrogens is 188 g/mol. The van der Waals surface area contributed by atoms with Crippen molar-refractivity contribution < 1.29 is 8.42 Å². The van der Waals surface area contributed by atoms with Gasteiger partial charge in [0.2, 0.25) is 10.0 Å². The van der Waals surface area contributed by atoms with Gasteiger partial charge in [0.1, 0.15) is 0 Å². The van der Waals surface area contributed by atoms with Gasteiger partial charge in [-0.1, -0.05) is 6.92 Å². The van der Waals surface area contributed by atoms with Crippen LogP contribution in [-0.2, 0) is 10.0 Å². The van der Waals surface area contributed by atoms with E-state index in [1.54, 1.807) is 0 Å². The Bertz CT molecular complexity index is 251. The summed E-state index contributed by atoms with van der Waals surface area (Å²) in [4.78, 5) is 0. The number of nitrogens with one attached hydrogen (secondary N) is 2. The van der Waals surface area contributed by atoms with Crippen molar-refractivity contribution in [2.45, 2.75) is 25.8 Å². The Morgan fingerprint density at radius 1 is 1.54 bits per heavy atom. The molecule has 2 unspecified atom stereocenters. The highest BCUT2D eigenvalue weighted by molar-refractivity contribution is 7.88. The Balaban J connectivity index is 2.35. The molecule has 13 heavy (non-hydrogen) atoms. The van der Waals surface area contributed by atoms with Crippen LogP contribution in [0.25, 0.3) is 0 Å². The molecule has 0 aliphatic carbocycles. The van der Waals surface area contributed by atoms with Crippen molar-refractivity contribution in [1.29, 1.82) is 0 Å². The smallest absolute Gasteiger partial charge is 0.208 e. The second-order valence-electron chi connectivity index (χ2n) is 3.80. The van der Waals surface area contributed by atoms with Crippen LogP contribution in [0.3, 0.4) is 0 Å². The summed E-state index contributed by atoms with van der Waals surface area (Å²) in [5.74, 6) is 0.558. The van der Waals surface area contributed by atoms with Gasteiger partial charge in [-0.15, -0.1) is 0 Å². The minimum absolute atomic E-state index is 0.295. The van der Waals surface area contributed by atoms with Crippen LogP contribution < -0.4 is 10.0 Å². The van der Waals surface area contributed by atoms with Crippen LogP contribution in [0.15, 0.2) is 0 Å². The topological polar surface area (TPSA) is 58.2 Å². The average Bonchev–Trinajstić information content (AvgIpc) is 2.01. The lowest BCUT2D eigenvalue weighted by Gasteiger charge is -2.29. The van der Waals surface area contributed by atoms with Gasteiger partial charge in [-0.05, 0) is 25.3 Å². The van der Waals surface area contributed by atoms with Crippen LogP contribution in [0.5, 0.6) is 0 Å². The number of hydrogen-bond acceptors (Lipinski definition) is 3. The first kappa shape index (κ1) is 10.9. The highest BCUT2D eigenvalue weighted by atomic mass is 32.2. The molecule has 0 aromatic rings.